The number of imide groups is 1. The normalized spacial score (nSPS) is 42.5. The molecule has 0 radical (unpaired) electrons. The molecular formula is C7H3N3O2. The highest BCUT2D eigenvalue weighted by Crippen LogP contribution is 2.66. The van der Waals surface area contributed by atoms with Crippen molar-refractivity contribution >= 4 is 11.8 Å². The number of nitriles is 2. The van der Waals surface area contributed by atoms with Crippen molar-refractivity contribution in [1.29, 1.82) is 10.5 Å². The third-order valence-corrected chi connectivity index (χ3v) is 2.52. The molecule has 2 aliphatic rings. The number of nitrogens with one attached hydrogen (secondary N) is 1. The molecule has 58 valence electrons. The number of fused-ring (bicyclic) bond motifs is 1. The molecule has 0 spiro atoms. The van der Waals surface area contributed by atoms with E-state index in [1.54, 1.807) is 12.1 Å². The Kier molecular flexibility index (Phi) is 0.843. The molecule has 0 aromatic heterocycles. The second-order valence-corrected chi connectivity index (χ2v) is 2.99. The van der Waals surface area contributed by atoms with E-state index in [9.17, 15) is 9.59 Å². The molecule has 2 rings (SSSR count). The van der Waals surface area contributed by atoms with E-state index in [2.05, 4.69) is 0 Å². The first-order valence-electron chi connectivity index (χ1n) is 3.31. The molecule has 1 saturated heterocycles. The van der Waals surface area contributed by atoms with Gasteiger partial charge in [-0.25, -0.2) is 0 Å². The summed E-state index contributed by atoms with van der Waals surface area (Å²) in [6.07, 6.45) is 0.0532. The maximum Gasteiger partial charge on any atom is 0.249 e. The van der Waals surface area contributed by atoms with Gasteiger partial charge in [0.25, 0.3) is 0 Å². The van der Waals surface area contributed by atoms with Gasteiger partial charge in [-0.1, -0.05) is 0 Å². The lowest BCUT2D eigenvalue weighted by molar-refractivity contribution is -0.128. The second kappa shape index (κ2) is 1.49. The Morgan fingerprint density at radius 2 is 1.58 bits per heavy atom. The van der Waals surface area contributed by atoms with Gasteiger partial charge in [0.05, 0.1) is 12.1 Å². The average Bonchev–Trinajstić information content (AvgIpc) is 2.70. The maximum atomic E-state index is 11.0. The van der Waals surface area contributed by atoms with Crippen molar-refractivity contribution in [3.63, 3.8) is 0 Å². The Hall–Kier alpha value is -1.88. The van der Waals surface area contributed by atoms with Crippen molar-refractivity contribution in [2.75, 3.05) is 0 Å². The second-order valence-electron chi connectivity index (χ2n) is 2.99. The van der Waals surface area contributed by atoms with Crippen LogP contribution in [0.4, 0.5) is 0 Å². The first kappa shape index (κ1) is 6.81. The Morgan fingerprint density at radius 1 is 1.17 bits per heavy atom. The molecule has 12 heavy (non-hydrogen) atoms. The summed E-state index contributed by atoms with van der Waals surface area (Å²) in [5.41, 5.74) is -2.75. The van der Waals surface area contributed by atoms with Crippen molar-refractivity contribution in [1.82, 2.24) is 5.32 Å². The SMILES string of the molecule is N#C[C@@]12C[C@@]1(C#N)C(=O)NC2=O. The minimum absolute atomic E-state index is 0.0532. The van der Waals surface area contributed by atoms with Gasteiger partial charge in [-0.2, -0.15) is 10.5 Å². The summed E-state index contributed by atoms with van der Waals surface area (Å²) in [6, 6.07) is 3.46. The third kappa shape index (κ3) is 0.375. The van der Waals surface area contributed by atoms with Gasteiger partial charge in [-0.05, 0) is 0 Å². The van der Waals surface area contributed by atoms with Crippen LogP contribution in [-0.4, -0.2) is 11.8 Å². The van der Waals surface area contributed by atoms with Crippen LogP contribution in [-0.2, 0) is 9.59 Å². The summed E-state index contributed by atoms with van der Waals surface area (Å²) < 4.78 is 0. The van der Waals surface area contributed by atoms with Crippen LogP contribution in [0.5, 0.6) is 0 Å². The third-order valence-electron chi connectivity index (χ3n) is 2.52. The molecule has 1 saturated carbocycles. The van der Waals surface area contributed by atoms with Gasteiger partial charge in [0, 0.05) is 6.42 Å². The van der Waals surface area contributed by atoms with Crippen LogP contribution in [0.2, 0.25) is 0 Å². The molecule has 1 heterocycles. The molecule has 2 amide bonds. The predicted octanol–water partition coefficient (Wildman–Crippen LogP) is -0.934. The number of piperidine rings is 1. The van der Waals surface area contributed by atoms with E-state index in [1.165, 1.54) is 0 Å². The Morgan fingerprint density at radius 3 is 1.83 bits per heavy atom. The summed E-state index contributed by atoms with van der Waals surface area (Å²) >= 11 is 0. The lowest BCUT2D eigenvalue weighted by atomic mass is 9.98. The van der Waals surface area contributed by atoms with Crippen LogP contribution in [0, 0.1) is 33.5 Å². The summed E-state index contributed by atoms with van der Waals surface area (Å²) in [7, 11) is 0. The smallest absolute Gasteiger partial charge is 0.249 e. The molecule has 5 nitrogen and oxygen atoms in total. The van der Waals surface area contributed by atoms with E-state index in [-0.39, 0.29) is 6.42 Å². The van der Waals surface area contributed by atoms with E-state index in [0.29, 0.717) is 0 Å². The van der Waals surface area contributed by atoms with Gasteiger partial charge in [-0.3, -0.25) is 14.9 Å². The van der Waals surface area contributed by atoms with Crippen LogP contribution in [0.1, 0.15) is 6.42 Å². The van der Waals surface area contributed by atoms with Crippen LogP contribution in [0.15, 0.2) is 0 Å². The van der Waals surface area contributed by atoms with Gasteiger partial charge in [0.15, 0.2) is 10.8 Å². The minimum atomic E-state index is -1.38. The zero-order chi connectivity index (χ0) is 8.98. The Labute approximate surface area is 67.6 Å². The highest BCUT2D eigenvalue weighted by molar-refractivity contribution is 6.17. The van der Waals surface area contributed by atoms with Crippen LogP contribution >= 0.6 is 0 Å². The first-order valence-corrected chi connectivity index (χ1v) is 3.31. The molecule has 2 fully saturated rings. The molecule has 0 aromatic rings. The van der Waals surface area contributed by atoms with Crippen molar-refractivity contribution in [2.45, 2.75) is 6.42 Å². The quantitative estimate of drug-likeness (QED) is 0.464. The highest BCUT2D eigenvalue weighted by atomic mass is 16.2. The van der Waals surface area contributed by atoms with Crippen molar-refractivity contribution in [2.24, 2.45) is 10.8 Å². The summed E-state index contributed by atoms with van der Waals surface area (Å²) in [6.45, 7) is 0. The lowest BCUT2D eigenvalue weighted by Crippen LogP contribution is -2.28. The van der Waals surface area contributed by atoms with E-state index in [0.717, 1.165) is 0 Å². The van der Waals surface area contributed by atoms with Crippen molar-refractivity contribution < 1.29 is 9.59 Å². The van der Waals surface area contributed by atoms with Crippen LogP contribution in [0.25, 0.3) is 0 Å². The number of amides is 2. The van der Waals surface area contributed by atoms with E-state index < -0.39 is 22.6 Å². The number of carbonyl (C=O) groups excluding carboxylic acids is 2. The monoisotopic (exact) mass is 161 g/mol. The zero-order valence-corrected chi connectivity index (χ0v) is 5.92. The van der Waals surface area contributed by atoms with Gasteiger partial charge in [0.1, 0.15) is 0 Å². The number of nitrogens with zero attached hydrogens (tertiary/aromatic N) is 2. The van der Waals surface area contributed by atoms with Gasteiger partial charge < -0.3 is 0 Å². The predicted molar refractivity (Wildman–Crippen MR) is 33.9 cm³/mol. The lowest BCUT2D eigenvalue weighted by Gasteiger charge is -1.93. The molecule has 2 atom stereocenters. The fourth-order valence-corrected chi connectivity index (χ4v) is 1.59. The fourth-order valence-electron chi connectivity index (χ4n) is 1.59. The molecule has 5 heteroatoms. The largest absolute Gasteiger partial charge is 0.294 e. The van der Waals surface area contributed by atoms with E-state index in [4.69, 9.17) is 10.5 Å². The standard InChI is InChI=1S/C7H3N3O2/c8-2-6-1-7(6,3-9)5(12)10-4(6)11/h1H2,(H,10,11,12)/t6-,7-/m1/s1. The Bertz CT molecular complexity index is 352. The topological polar surface area (TPSA) is 93.8 Å². The average molecular weight is 161 g/mol. The fraction of sp³-hybridized carbons (Fsp3) is 0.429. The molecule has 0 unspecified atom stereocenters. The molecule has 0 bridgehead atoms. The van der Waals surface area contributed by atoms with Gasteiger partial charge in [0.2, 0.25) is 11.8 Å². The number of carbonyl (C=O) groups is 2. The van der Waals surface area contributed by atoms with Crippen LogP contribution in [0.3, 0.4) is 0 Å². The molecule has 0 aromatic carbocycles. The summed E-state index contributed by atoms with van der Waals surface area (Å²) in [5.74, 6) is -1.26. The zero-order valence-electron chi connectivity index (χ0n) is 5.92. The Balaban J connectivity index is 2.58. The van der Waals surface area contributed by atoms with Crippen molar-refractivity contribution in [3.05, 3.63) is 0 Å². The van der Waals surface area contributed by atoms with Gasteiger partial charge >= 0.3 is 0 Å². The van der Waals surface area contributed by atoms with Crippen molar-refractivity contribution in [3.8, 4) is 12.1 Å². The maximum absolute atomic E-state index is 11.0. The summed E-state index contributed by atoms with van der Waals surface area (Å²) in [4.78, 5) is 22.1. The molecule has 1 aliphatic carbocycles. The molecular weight excluding hydrogens is 158 g/mol. The number of hydrogen-bond donors (Lipinski definition) is 1. The first-order chi connectivity index (χ1) is 5.63. The number of hydrogen-bond acceptors (Lipinski definition) is 4. The highest BCUT2D eigenvalue weighted by Gasteiger charge is 2.83. The van der Waals surface area contributed by atoms with E-state index >= 15 is 0 Å². The molecule has 1 aliphatic heterocycles. The molecule has 1 N–H and O–H groups in total. The minimum Gasteiger partial charge on any atom is -0.294 e. The number of rotatable bonds is 0. The summed E-state index contributed by atoms with van der Waals surface area (Å²) in [5, 5.41) is 19.3. The van der Waals surface area contributed by atoms with Gasteiger partial charge in [-0.15, -0.1) is 0 Å². The van der Waals surface area contributed by atoms with E-state index in [1.807, 2.05) is 5.32 Å². The van der Waals surface area contributed by atoms with Crippen LogP contribution < -0.4 is 5.32 Å².